The van der Waals surface area contributed by atoms with Crippen molar-refractivity contribution in [3.63, 3.8) is 0 Å². The number of thiazole rings is 1. The lowest BCUT2D eigenvalue weighted by atomic mass is 10.3. The maximum absolute atomic E-state index is 4.60. The van der Waals surface area contributed by atoms with Gasteiger partial charge in [-0.1, -0.05) is 13.8 Å². The lowest BCUT2D eigenvalue weighted by Gasteiger charge is -2.26. The first-order valence-corrected chi connectivity index (χ1v) is 7.82. The van der Waals surface area contributed by atoms with E-state index in [4.69, 9.17) is 0 Å². The van der Waals surface area contributed by atoms with Crippen molar-refractivity contribution in [3.05, 3.63) is 11.1 Å². The van der Waals surface area contributed by atoms with Gasteiger partial charge < -0.3 is 10.2 Å². The van der Waals surface area contributed by atoms with Gasteiger partial charge in [-0.25, -0.2) is 4.98 Å². The molecule has 0 saturated heterocycles. The van der Waals surface area contributed by atoms with E-state index in [9.17, 15) is 0 Å². The summed E-state index contributed by atoms with van der Waals surface area (Å²) >= 11 is 1.83. The first-order chi connectivity index (χ1) is 8.56. The van der Waals surface area contributed by atoms with Crippen molar-refractivity contribution in [2.75, 3.05) is 11.4 Å². The molecule has 1 aromatic rings. The summed E-state index contributed by atoms with van der Waals surface area (Å²) in [5.41, 5.74) is 0. The zero-order valence-corrected chi connectivity index (χ0v) is 12.8. The van der Waals surface area contributed by atoms with Crippen molar-refractivity contribution < 1.29 is 0 Å². The molecule has 1 saturated carbocycles. The second kappa shape index (κ2) is 6.02. The van der Waals surface area contributed by atoms with Crippen LogP contribution in [0.4, 0.5) is 5.13 Å². The smallest absolute Gasteiger partial charge is 0.185 e. The van der Waals surface area contributed by atoms with Crippen LogP contribution in [0.2, 0.25) is 0 Å². The average molecular weight is 267 g/mol. The standard InChI is InChI=1S/C14H25N3S/c1-10(2)15-7-13-8-16-14(18-13)17(11(3)4)9-12-5-6-12/h8,10-12,15H,5-7,9H2,1-4H3. The minimum Gasteiger partial charge on any atom is -0.345 e. The Labute approximate surface area is 115 Å². The number of nitrogens with zero attached hydrogens (tertiary/aromatic N) is 2. The zero-order chi connectivity index (χ0) is 13.1. The molecule has 0 amide bonds. The van der Waals surface area contributed by atoms with Crippen LogP contribution in [-0.2, 0) is 6.54 Å². The van der Waals surface area contributed by atoms with Crippen molar-refractivity contribution in [2.24, 2.45) is 5.92 Å². The molecular weight excluding hydrogens is 242 g/mol. The predicted octanol–water partition coefficient (Wildman–Crippen LogP) is 3.27. The third kappa shape index (κ3) is 3.95. The Kier molecular flexibility index (Phi) is 4.62. The van der Waals surface area contributed by atoms with E-state index < -0.39 is 0 Å². The van der Waals surface area contributed by atoms with Crippen molar-refractivity contribution in [1.29, 1.82) is 0 Å². The third-order valence-electron chi connectivity index (χ3n) is 3.25. The summed E-state index contributed by atoms with van der Waals surface area (Å²) in [6, 6.07) is 1.07. The van der Waals surface area contributed by atoms with Gasteiger partial charge in [0.25, 0.3) is 0 Å². The summed E-state index contributed by atoms with van der Waals surface area (Å²) < 4.78 is 0. The van der Waals surface area contributed by atoms with Crippen LogP contribution in [0.1, 0.15) is 45.4 Å². The van der Waals surface area contributed by atoms with Crippen LogP contribution >= 0.6 is 11.3 Å². The lowest BCUT2D eigenvalue weighted by molar-refractivity contribution is 0.593. The van der Waals surface area contributed by atoms with E-state index in [-0.39, 0.29) is 0 Å². The molecule has 102 valence electrons. The van der Waals surface area contributed by atoms with E-state index in [0.717, 1.165) is 12.5 Å². The lowest BCUT2D eigenvalue weighted by Crippen LogP contribution is -2.32. The molecule has 1 fully saturated rings. The van der Waals surface area contributed by atoms with Gasteiger partial charge in [0.2, 0.25) is 0 Å². The Hall–Kier alpha value is -0.610. The van der Waals surface area contributed by atoms with Gasteiger partial charge in [-0.05, 0) is 32.6 Å². The van der Waals surface area contributed by atoms with Crippen LogP contribution in [0.25, 0.3) is 0 Å². The second-order valence-corrected chi connectivity index (χ2v) is 6.93. The van der Waals surface area contributed by atoms with Crippen LogP contribution < -0.4 is 10.2 Å². The maximum atomic E-state index is 4.60. The van der Waals surface area contributed by atoms with E-state index in [0.29, 0.717) is 12.1 Å². The molecule has 0 atom stereocenters. The molecule has 3 nitrogen and oxygen atoms in total. The Balaban J connectivity index is 1.96. The van der Waals surface area contributed by atoms with E-state index in [2.05, 4.69) is 42.9 Å². The van der Waals surface area contributed by atoms with Gasteiger partial charge in [-0.15, -0.1) is 11.3 Å². The summed E-state index contributed by atoms with van der Waals surface area (Å²) in [6.07, 6.45) is 4.82. The van der Waals surface area contributed by atoms with Gasteiger partial charge in [0.1, 0.15) is 0 Å². The first-order valence-electron chi connectivity index (χ1n) is 7.01. The number of anilines is 1. The molecule has 1 aliphatic rings. The molecule has 1 aromatic heterocycles. The molecule has 1 aliphatic carbocycles. The Morgan fingerprint density at radius 2 is 2.11 bits per heavy atom. The molecule has 0 bridgehead atoms. The van der Waals surface area contributed by atoms with E-state index in [1.54, 1.807) is 0 Å². The molecule has 1 heterocycles. The Morgan fingerprint density at radius 1 is 1.39 bits per heavy atom. The van der Waals surface area contributed by atoms with E-state index in [1.165, 1.54) is 29.4 Å². The van der Waals surface area contributed by atoms with Gasteiger partial charge in [-0.3, -0.25) is 0 Å². The van der Waals surface area contributed by atoms with Gasteiger partial charge in [0, 0.05) is 36.2 Å². The molecular formula is C14H25N3S. The van der Waals surface area contributed by atoms with Crippen LogP contribution in [0.3, 0.4) is 0 Å². The summed E-state index contributed by atoms with van der Waals surface area (Å²) in [5.74, 6) is 0.911. The highest BCUT2D eigenvalue weighted by atomic mass is 32.1. The summed E-state index contributed by atoms with van der Waals surface area (Å²) in [7, 11) is 0. The zero-order valence-electron chi connectivity index (χ0n) is 11.9. The molecule has 18 heavy (non-hydrogen) atoms. The number of hydrogen-bond donors (Lipinski definition) is 1. The van der Waals surface area contributed by atoms with Crippen LogP contribution in [0, 0.1) is 5.92 Å². The van der Waals surface area contributed by atoms with Gasteiger partial charge in [0.05, 0.1) is 0 Å². The SMILES string of the molecule is CC(C)NCc1cnc(N(CC2CC2)C(C)C)s1. The molecule has 1 N–H and O–H groups in total. The number of rotatable bonds is 7. The van der Waals surface area contributed by atoms with Crippen molar-refractivity contribution in [1.82, 2.24) is 10.3 Å². The number of nitrogens with one attached hydrogen (secondary N) is 1. The van der Waals surface area contributed by atoms with Crippen molar-refractivity contribution >= 4 is 16.5 Å². The van der Waals surface area contributed by atoms with Gasteiger partial charge in [0.15, 0.2) is 5.13 Å². The Morgan fingerprint density at radius 3 is 2.67 bits per heavy atom. The van der Waals surface area contributed by atoms with Crippen molar-refractivity contribution in [2.45, 2.75) is 59.2 Å². The fourth-order valence-electron chi connectivity index (χ4n) is 1.90. The summed E-state index contributed by atoms with van der Waals surface area (Å²) in [5, 5.41) is 4.64. The predicted molar refractivity (Wildman–Crippen MR) is 79.3 cm³/mol. The molecule has 0 radical (unpaired) electrons. The fraction of sp³-hybridized carbons (Fsp3) is 0.786. The van der Waals surface area contributed by atoms with E-state index >= 15 is 0 Å². The first kappa shape index (κ1) is 13.8. The highest BCUT2D eigenvalue weighted by Crippen LogP contribution is 2.33. The Bertz CT molecular complexity index is 369. The van der Waals surface area contributed by atoms with Crippen LogP contribution in [-0.4, -0.2) is 23.6 Å². The molecule has 0 aliphatic heterocycles. The minimum absolute atomic E-state index is 0.531. The summed E-state index contributed by atoms with van der Waals surface area (Å²) in [6.45, 7) is 11.0. The van der Waals surface area contributed by atoms with Gasteiger partial charge in [-0.2, -0.15) is 0 Å². The maximum Gasteiger partial charge on any atom is 0.185 e. The molecule has 0 unspecified atom stereocenters. The molecule has 0 spiro atoms. The quantitative estimate of drug-likeness (QED) is 0.822. The molecule has 0 aromatic carbocycles. The second-order valence-electron chi connectivity index (χ2n) is 5.83. The molecule has 4 heteroatoms. The van der Waals surface area contributed by atoms with Gasteiger partial charge >= 0.3 is 0 Å². The highest BCUT2D eigenvalue weighted by molar-refractivity contribution is 7.15. The van der Waals surface area contributed by atoms with E-state index in [1.807, 2.05) is 17.5 Å². The number of aromatic nitrogens is 1. The minimum atomic E-state index is 0.531. The average Bonchev–Trinajstić information content (AvgIpc) is 3.00. The fourth-order valence-corrected chi connectivity index (χ4v) is 2.91. The largest absolute Gasteiger partial charge is 0.345 e. The number of hydrogen-bond acceptors (Lipinski definition) is 4. The van der Waals surface area contributed by atoms with Crippen molar-refractivity contribution in [3.8, 4) is 0 Å². The van der Waals surface area contributed by atoms with Crippen LogP contribution in [0.15, 0.2) is 6.20 Å². The van der Waals surface area contributed by atoms with Crippen LogP contribution in [0.5, 0.6) is 0 Å². The third-order valence-corrected chi connectivity index (χ3v) is 4.28. The topological polar surface area (TPSA) is 28.2 Å². The summed E-state index contributed by atoms with van der Waals surface area (Å²) in [4.78, 5) is 8.39. The normalized spacial score (nSPS) is 15.7. The monoisotopic (exact) mass is 267 g/mol. The highest BCUT2D eigenvalue weighted by Gasteiger charge is 2.26. The molecule has 2 rings (SSSR count).